The molecule has 0 fully saturated rings. The molecule has 0 aromatic carbocycles. The van der Waals surface area contributed by atoms with Gasteiger partial charge in [0.15, 0.2) is 0 Å². The number of nitrogens with one attached hydrogen (secondary N) is 1. The van der Waals surface area contributed by atoms with E-state index < -0.39 is 0 Å². The highest BCUT2D eigenvalue weighted by molar-refractivity contribution is 7.11. The average Bonchev–Trinajstić information content (AvgIpc) is 2.65. The zero-order valence-corrected chi connectivity index (χ0v) is 11.2. The number of hydrogen-bond donors (Lipinski definition) is 1. The van der Waals surface area contributed by atoms with Crippen LogP contribution in [0.1, 0.15) is 36.9 Å². The summed E-state index contributed by atoms with van der Waals surface area (Å²) in [4.78, 5) is 3.06. The Morgan fingerprint density at radius 1 is 1.27 bits per heavy atom. The van der Waals surface area contributed by atoms with Gasteiger partial charge in [0.25, 0.3) is 0 Å². The van der Waals surface area contributed by atoms with Crippen LogP contribution in [0.3, 0.4) is 0 Å². The summed E-state index contributed by atoms with van der Waals surface area (Å²) in [7, 11) is 2.04. The van der Waals surface area contributed by atoms with Crippen LogP contribution in [0, 0.1) is 5.92 Å². The minimum atomic E-state index is 0.630. The molecule has 2 unspecified atom stereocenters. The van der Waals surface area contributed by atoms with E-state index >= 15 is 0 Å². The van der Waals surface area contributed by atoms with Crippen LogP contribution < -0.4 is 5.32 Å². The van der Waals surface area contributed by atoms with Gasteiger partial charge >= 0.3 is 0 Å². The second-order valence-electron chi connectivity index (χ2n) is 4.46. The fourth-order valence-electron chi connectivity index (χ4n) is 1.87. The van der Waals surface area contributed by atoms with Crippen molar-refractivity contribution >= 4 is 11.3 Å². The van der Waals surface area contributed by atoms with Gasteiger partial charge in [0.1, 0.15) is 0 Å². The van der Waals surface area contributed by atoms with Crippen LogP contribution in [0.25, 0.3) is 0 Å². The highest BCUT2D eigenvalue weighted by Crippen LogP contribution is 2.21. The molecule has 0 saturated heterocycles. The predicted octanol–water partition coefficient (Wildman–Crippen LogP) is 3.49. The molecule has 1 heterocycles. The van der Waals surface area contributed by atoms with Crippen LogP contribution in [0.15, 0.2) is 12.1 Å². The monoisotopic (exact) mass is 225 g/mol. The van der Waals surface area contributed by atoms with Crippen LogP contribution in [0.4, 0.5) is 0 Å². The average molecular weight is 225 g/mol. The van der Waals surface area contributed by atoms with E-state index in [0.717, 1.165) is 5.92 Å². The summed E-state index contributed by atoms with van der Waals surface area (Å²) in [5.74, 6) is 0.774. The summed E-state index contributed by atoms with van der Waals surface area (Å²) in [5.41, 5.74) is 0. The van der Waals surface area contributed by atoms with E-state index in [1.165, 1.54) is 24.1 Å². The summed E-state index contributed by atoms with van der Waals surface area (Å²) in [6, 6.07) is 5.20. The van der Waals surface area contributed by atoms with Crippen LogP contribution in [0.2, 0.25) is 0 Å². The third-order valence-electron chi connectivity index (χ3n) is 2.86. The highest BCUT2D eigenvalue weighted by atomic mass is 32.1. The van der Waals surface area contributed by atoms with Crippen LogP contribution in [0.5, 0.6) is 0 Å². The number of thiophene rings is 1. The molecule has 0 spiro atoms. The van der Waals surface area contributed by atoms with Crippen molar-refractivity contribution in [1.82, 2.24) is 5.32 Å². The molecule has 1 nitrogen and oxygen atoms in total. The predicted molar refractivity (Wildman–Crippen MR) is 69.7 cm³/mol. The van der Waals surface area contributed by atoms with E-state index in [-0.39, 0.29) is 0 Å². The molecule has 1 N–H and O–H groups in total. The Morgan fingerprint density at radius 3 is 2.47 bits per heavy atom. The van der Waals surface area contributed by atoms with Gasteiger partial charge in [-0.05, 0) is 51.3 Å². The van der Waals surface area contributed by atoms with Gasteiger partial charge in [0.2, 0.25) is 0 Å². The van der Waals surface area contributed by atoms with Crippen LogP contribution in [-0.2, 0) is 12.8 Å². The standard InChI is InChI=1S/C13H23NS/c1-5-12-6-7-13(15-12)9-10(2)8-11(3)14-4/h6-7,10-11,14H,5,8-9H2,1-4H3. The minimum absolute atomic E-state index is 0.630. The van der Waals surface area contributed by atoms with Gasteiger partial charge < -0.3 is 5.32 Å². The Morgan fingerprint density at radius 2 is 1.93 bits per heavy atom. The Hall–Kier alpha value is -0.340. The Bertz CT molecular complexity index is 280. The molecule has 0 bridgehead atoms. The number of rotatable bonds is 6. The van der Waals surface area contributed by atoms with Crippen molar-refractivity contribution in [3.8, 4) is 0 Å². The largest absolute Gasteiger partial charge is 0.317 e. The van der Waals surface area contributed by atoms with Crippen molar-refractivity contribution in [3.63, 3.8) is 0 Å². The lowest BCUT2D eigenvalue weighted by Gasteiger charge is -2.15. The lowest BCUT2D eigenvalue weighted by molar-refractivity contribution is 0.442. The molecule has 0 amide bonds. The quantitative estimate of drug-likeness (QED) is 0.781. The van der Waals surface area contributed by atoms with E-state index in [1.54, 1.807) is 4.88 Å². The second kappa shape index (κ2) is 6.29. The van der Waals surface area contributed by atoms with E-state index in [2.05, 4.69) is 38.2 Å². The first-order chi connectivity index (χ1) is 7.15. The topological polar surface area (TPSA) is 12.0 Å². The van der Waals surface area contributed by atoms with Gasteiger partial charge in [-0.15, -0.1) is 11.3 Å². The lowest BCUT2D eigenvalue weighted by atomic mass is 9.99. The Balaban J connectivity index is 2.40. The number of hydrogen-bond acceptors (Lipinski definition) is 2. The lowest BCUT2D eigenvalue weighted by Crippen LogP contribution is -2.24. The summed E-state index contributed by atoms with van der Waals surface area (Å²) < 4.78 is 0. The van der Waals surface area contributed by atoms with E-state index in [1.807, 2.05) is 18.4 Å². The van der Waals surface area contributed by atoms with Gasteiger partial charge in [0, 0.05) is 15.8 Å². The smallest absolute Gasteiger partial charge is 0.00508 e. The maximum atomic E-state index is 3.30. The maximum absolute atomic E-state index is 3.30. The molecule has 1 aromatic rings. The first-order valence-electron chi connectivity index (χ1n) is 5.90. The summed E-state index contributed by atoms with van der Waals surface area (Å²) in [6.07, 6.45) is 3.67. The summed E-state index contributed by atoms with van der Waals surface area (Å²) in [5, 5.41) is 3.30. The summed E-state index contributed by atoms with van der Waals surface area (Å²) in [6.45, 7) is 6.82. The maximum Gasteiger partial charge on any atom is 0.00508 e. The molecule has 15 heavy (non-hydrogen) atoms. The van der Waals surface area contributed by atoms with Crippen molar-refractivity contribution < 1.29 is 0 Å². The second-order valence-corrected chi connectivity index (χ2v) is 5.71. The van der Waals surface area contributed by atoms with Crippen LogP contribution >= 0.6 is 11.3 Å². The van der Waals surface area contributed by atoms with Gasteiger partial charge in [-0.25, -0.2) is 0 Å². The Labute approximate surface area is 97.9 Å². The zero-order valence-electron chi connectivity index (χ0n) is 10.3. The third-order valence-corrected chi connectivity index (χ3v) is 4.12. The molecule has 0 saturated carbocycles. The molecule has 0 aliphatic rings. The van der Waals surface area contributed by atoms with Crippen molar-refractivity contribution in [2.75, 3.05) is 7.05 Å². The zero-order chi connectivity index (χ0) is 11.3. The molecule has 0 radical (unpaired) electrons. The minimum Gasteiger partial charge on any atom is -0.317 e. The molecule has 1 aromatic heterocycles. The molecule has 0 aliphatic carbocycles. The third kappa shape index (κ3) is 4.35. The van der Waals surface area contributed by atoms with Crippen molar-refractivity contribution in [2.45, 2.75) is 46.1 Å². The van der Waals surface area contributed by atoms with Gasteiger partial charge in [-0.1, -0.05) is 13.8 Å². The molecular formula is C13H23NS. The Kier molecular flexibility index (Phi) is 5.34. The van der Waals surface area contributed by atoms with Gasteiger partial charge in [-0.3, -0.25) is 0 Å². The molecule has 2 atom stereocenters. The highest BCUT2D eigenvalue weighted by Gasteiger charge is 2.09. The van der Waals surface area contributed by atoms with Gasteiger partial charge in [0.05, 0.1) is 0 Å². The van der Waals surface area contributed by atoms with E-state index in [0.29, 0.717) is 6.04 Å². The van der Waals surface area contributed by atoms with Crippen molar-refractivity contribution in [2.24, 2.45) is 5.92 Å². The van der Waals surface area contributed by atoms with Crippen LogP contribution in [-0.4, -0.2) is 13.1 Å². The van der Waals surface area contributed by atoms with Crippen molar-refractivity contribution in [3.05, 3.63) is 21.9 Å². The fraction of sp³-hybridized carbons (Fsp3) is 0.692. The fourth-order valence-corrected chi connectivity index (χ4v) is 2.99. The van der Waals surface area contributed by atoms with Gasteiger partial charge in [-0.2, -0.15) is 0 Å². The summed E-state index contributed by atoms with van der Waals surface area (Å²) >= 11 is 1.98. The van der Waals surface area contributed by atoms with Crippen molar-refractivity contribution in [1.29, 1.82) is 0 Å². The molecular weight excluding hydrogens is 202 g/mol. The molecule has 2 heteroatoms. The molecule has 86 valence electrons. The normalized spacial score (nSPS) is 15.2. The molecule has 0 aliphatic heterocycles. The molecule has 1 rings (SSSR count). The van der Waals surface area contributed by atoms with E-state index in [9.17, 15) is 0 Å². The SMILES string of the molecule is CCc1ccc(CC(C)CC(C)NC)s1. The van der Waals surface area contributed by atoms with E-state index in [4.69, 9.17) is 0 Å². The first kappa shape index (κ1) is 12.7. The number of aryl methyl sites for hydroxylation is 1. The first-order valence-corrected chi connectivity index (χ1v) is 6.72.